The minimum Gasteiger partial charge on any atom is -0.492 e. The topological polar surface area (TPSA) is 30.5 Å². The van der Waals surface area contributed by atoms with Gasteiger partial charge in [0, 0.05) is 12.6 Å². The maximum Gasteiger partial charge on any atom is 0.142 e. The fraction of sp³-hybridized carbons (Fsp3) is 0.625. The Balaban J connectivity index is 2.00. The molecule has 0 saturated carbocycles. The van der Waals surface area contributed by atoms with Gasteiger partial charge in [-0.2, -0.15) is 0 Å². The van der Waals surface area contributed by atoms with Crippen LogP contribution in [-0.4, -0.2) is 25.4 Å². The number of benzene rings is 1. The van der Waals surface area contributed by atoms with Gasteiger partial charge in [-0.1, -0.05) is 26.0 Å². The summed E-state index contributed by atoms with van der Waals surface area (Å²) in [5.41, 5.74) is 1.10. The van der Waals surface area contributed by atoms with Crippen molar-refractivity contribution < 1.29 is 9.47 Å². The molecule has 1 aliphatic rings. The van der Waals surface area contributed by atoms with Gasteiger partial charge < -0.3 is 14.8 Å². The van der Waals surface area contributed by atoms with Crippen LogP contribution in [0, 0.1) is 5.92 Å². The number of rotatable bonds is 5. The molecule has 1 aromatic carbocycles. The molecule has 1 N–H and O–H groups in total. The zero-order chi connectivity index (χ0) is 13.7. The quantitative estimate of drug-likeness (QED) is 0.878. The van der Waals surface area contributed by atoms with Gasteiger partial charge in [-0.3, -0.25) is 0 Å². The number of ether oxygens (including phenoxy) is 2. The number of hydrogen-bond acceptors (Lipinski definition) is 3. The molecular formula is C16H25NO2. The lowest BCUT2D eigenvalue weighted by Crippen LogP contribution is -2.36. The van der Waals surface area contributed by atoms with Gasteiger partial charge >= 0.3 is 0 Å². The Labute approximate surface area is 116 Å². The van der Waals surface area contributed by atoms with Gasteiger partial charge in [-0.05, 0) is 37.8 Å². The van der Waals surface area contributed by atoms with Gasteiger partial charge in [-0.25, -0.2) is 0 Å². The Hall–Kier alpha value is -1.22. The van der Waals surface area contributed by atoms with Gasteiger partial charge in [0.05, 0.1) is 18.4 Å². The Morgan fingerprint density at radius 2 is 2.16 bits per heavy atom. The highest BCUT2D eigenvalue weighted by Crippen LogP contribution is 2.28. The molecule has 0 aromatic heterocycles. The standard InChI is InChI=1S/C16H25NO2/c1-4-18-15-8-6-5-7-14(15)17-13-9-10-19-16(11-13)12(2)3/h5-8,12-13,16-17H,4,9-11H2,1-3H3. The largest absolute Gasteiger partial charge is 0.492 e. The van der Waals surface area contributed by atoms with Crippen LogP contribution in [0.3, 0.4) is 0 Å². The first kappa shape index (κ1) is 14.2. The Bertz CT molecular complexity index is 392. The molecule has 0 radical (unpaired) electrons. The van der Waals surface area contributed by atoms with Crippen LogP contribution in [0.2, 0.25) is 0 Å². The van der Waals surface area contributed by atoms with Crippen LogP contribution in [0.5, 0.6) is 5.75 Å². The van der Waals surface area contributed by atoms with Crippen molar-refractivity contribution >= 4 is 5.69 Å². The van der Waals surface area contributed by atoms with Gasteiger partial charge in [0.1, 0.15) is 5.75 Å². The normalized spacial score (nSPS) is 23.4. The maximum absolute atomic E-state index is 5.81. The van der Waals surface area contributed by atoms with Crippen LogP contribution >= 0.6 is 0 Å². The number of anilines is 1. The predicted molar refractivity (Wildman–Crippen MR) is 78.8 cm³/mol. The van der Waals surface area contributed by atoms with Crippen molar-refractivity contribution in [2.24, 2.45) is 5.92 Å². The lowest BCUT2D eigenvalue weighted by molar-refractivity contribution is -0.0161. The van der Waals surface area contributed by atoms with Crippen LogP contribution in [0.25, 0.3) is 0 Å². The lowest BCUT2D eigenvalue weighted by atomic mass is 9.95. The third-order valence-electron chi connectivity index (χ3n) is 3.61. The molecule has 1 fully saturated rings. The van der Waals surface area contributed by atoms with E-state index in [0.29, 0.717) is 24.7 Å². The van der Waals surface area contributed by atoms with Crippen molar-refractivity contribution in [1.29, 1.82) is 0 Å². The highest BCUT2D eigenvalue weighted by Gasteiger charge is 2.25. The van der Waals surface area contributed by atoms with Crippen LogP contribution in [-0.2, 0) is 4.74 Å². The second-order valence-electron chi connectivity index (χ2n) is 5.45. The molecule has 106 valence electrons. The molecule has 19 heavy (non-hydrogen) atoms. The highest BCUT2D eigenvalue weighted by molar-refractivity contribution is 5.56. The lowest BCUT2D eigenvalue weighted by Gasteiger charge is -2.33. The van der Waals surface area contributed by atoms with E-state index in [0.717, 1.165) is 30.9 Å². The van der Waals surface area contributed by atoms with Gasteiger partial charge in [-0.15, -0.1) is 0 Å². The van der Waals surface area contributed by atoms with Crippen molar-refractivity contribution in [3.8, 4) is 5.75 Å². The molecule has 2 atom stereocenters. The molecule has 2 unspecified atom stereocenters. The van der Waals surface area contributed by atoms with Crippen LogP contribution in [0.15, 0.2) is 24.3 Å². The first-order chi connectivity index (χ1) is 9.20. The smallest absolute Gasteiger partial charge is 0.142 e. The average molecular weight is 263 g/mol. The van der Waals surface area contributed by atoms with E-state index >= 15 is 0 Å². The molecule has 1 aliphatic heterocycles. The van der Waals surface area contributed by atoms with Crippen molar-refractivity contribution in [2.45, 2.75) is 45.8 Å². The first-order valence-corrected chi connectivity index (χ1v) is 7.30. The highest BCUT2D eigenvalue weighted by atomic mass is 16.5. The molecule has 1 saturated heterocycles. The van der Waals surface area contributed by atoms with Crippen molar-refractivity contribution in [1.82, 2.24) is 0 Å². The van der Waals surface area contributed by atoms with Gasteiger partial charge in [0.2, 0.25) is 0 Å². The van der Waals surface area contributed by atoms with Crippen molar-refractivity contribution in [3.05, 3.63) is 24.3 Å². The van der Waals surface area contributed by atoms with E-state index in [1.54, 1.807) is 0 Å². The molecule has 0 amide bonds. The molecule has 0 spiro atoms. The zero-order valence-corrected chi connectivity index (χ0v) is 12.2. The van der Waals surface area contributed by atoms with E-state index in [-0.39, 0.29) is 0 Å². The van der Waals surface area contributed by atoms with E-state index in [2.05, 4.69) is 25.2 Å². The summed E-state index contributed by atoms with van der Waals surface area (Å²) in [5.74, 6) is 1.52. The summed E-state index contributed by atoms with van der Waals surface area (Å²) in [6.07, 6.45) is 2.49. The van der Waals surface area contributed by atoms with Crippen LogP contribution in [0.4, 0.5) is 5.69 Å². The summed E-state index contributed by atoms with van der Waals surface area (Å²) in [5, 5.41) is 3.61. The van der Waals surface area contributed by atoms with E-state index < -0.39 is 0 Å². The van der Waals surface area contributed by atoms with E-state index in [1.165, 1.54) is 0 Å². The SMILES string of the molecule is CCOc1ccccc1NC1CCOC(C(C)C)C1. The maximum atomic E-state index is 5.81. The van der Waals surface area contributed by atoms with E-state index in [1.807, 2.05) is 25.1 Å². The Morgan fingerprint density at radius 1 is 1.37 bits per heavy atom. The molecule has 1 aromatic rings. The molecular weight excluding hydrogens is 238 g/mol. The molecule has 3 heteroatoms. The van der Waals surface area contributed by atoms with Crippen LogP contribution in [0.1, 0.15) is 33.6 Å². The first-order valence-electron chi connectivity index (χ1n) is 7.30. The average Bonchev–Trinajstić information content (AvgIpc) is 2.41. The summed E-state index contributed by atoms with van der Waals surface area (Å²) in [6.45, 7) is 8.00. The molecule has 0 aliphatic carbocycles. The fourth-order valence-corrected chi connectivity index (χ4v) is 2.51. The Kier molecular flexibility index (Phi) is 5.08. The molecule has 2 rings (SSSR count). The summed E-state index contributed by atoms with van der Waals surface area (Å²) in [7, 11) is 0. The molecule has 1 heterocycles. The second-order valence-corrected chi connectivity index (χ2v) is 5.45. The second kappa shape index (κ2) is 6.80. The van der Waals surface area contributed by atoms with Gasteiger partial charge in [0.25, 0.3) is 0 Å². The predicted octanol–water partition coefficient (Wildman–Crippen LogP) is 3.70. The van der Waals surface area contributed by atoms with E-state index in [4.69, 9.17) is 9.47 Å². The fourth-order valence-electron chi connectivity index (χ4n) is 2.51. The monoisotopic (exact) mass is 263 g/mol. The summed E-state index contributed by atoms with van der Waals surface area (Å²) < 4.78 is 11.5. The minimum atomic E-state index is 0.366. The summed E-state index contributed by atoms with van der Waals surface area (Å²) in [4.78, 5) is 0. The molecule has 0 bridgehead atoms. The zero-order valence-electron chi connectivity index (χ0n) is 12.2. The van der Waals surface area contributed by atoms with E-state index in [9.17, 15) is 0 Å². The summed E-state index contributed by atoms with van der Waals surface area (Å²) >= 11 is 0. The third-order valence-corrected chi connectivity index (χ3v) is 3.61. The molecule has 3 nitrogen and oxygen atoms in total. The summed E-state index contributed by atoms with van der Waals surface area (Å²) in [6, 6.07) is 8.64. The third kappa shape index (κ3) is 3.87. The van der Waals surface area contributed by atoms with Crippen molar-refractivity contribution in [2.75, 3.05) is 18.5 Å². The van der Waals surface area contributed by atoms with Crippen molar-refractivity contribution in [3.63, 3.8) is 0 Å². The minimum absolute atomic E-state index is 0.366. The number of hydrogen-bond donors (Lipinski definition) is 1. The van der Waals surface area contributed by atoms with Crippen LogP contribution < -0.4 is 10.1 Å². The van der Waals surface area contributed by atoms with Gasteiger partial charge in [0.15, 0.2) is 0 Å². The number of para-hydroxylation sites is 2. The Morgan fingerprint density at radius 3 is 2.89 bits per heavy atom. The number of nitrogens with one attached hydrogen (secondary N) is 1.